The lowest BCUT2D eigenvalue weighted by atomic mass is 9.95. The lowest BCUT2D eigenvalue weighted by Gasteiger charge is -2.27. The Morgan fingerprint density at radius 1 is 1.25 bits per heavy atom. The Bertz CT molecular complexity index is 539. The van der Waals surface area contributed by atoms with Crippen molar-refractivity contribution in [3.8, 4) is 0 Å². The Labute approximate surface area is 147 Å². The van der Waals surface area contributed by atoms with E-state index in [2.05, 4.69) is 31.9 Å². The SMILES string of the molecule is CCn1c(SCC(=O)NC2CCCCC2)nnc1N1CCOCC1. The molecule has 1 aromatic heterocycles. The summed E-state index contributed by atoms with van der Waals surface area (Å²) in [7, 11) is 0. The molecule has 2 heterocycles. The molecule has 1 saturated heterocycles. The molecule has 1 N–H and O–H groups in total. The summed E-state index contributed by atoms with van der Waals surface area (Å²) >= 11 is 1.47. The van der Waals surface area contributed by atoms with Crippen molar-refractivity contribution >= 4 is 23.6 Å². The van der Waals surface area contributed by atoms with Gasteiger partial charge in [0, 0.05) is 25.7 Å². The summed E-state index contributed by atoms with van der Waals surface area (Å²) in [6.45, 7) is 6.01. The molecular weight excluding hydrogens is 326 g/mol. The summed E-state index contributed by atoms with van der Waals surface area (Å²) in [5.41, 5.74) is 0. The topological polar surface area (TPSA) is 72.3 Å². The third-order valence-electron chi connectivity index (χ3n) is 4.61. The van der Waals surface area contributed by atoms with Crippen LogP contribution in [0.3, 0.4) is 0 Å². The molecule has 0 spiro atoms. The van der Waals surface area contributed by atoms with Crippen molar-refractivity contribution in [2.45, 2.75) is 56.8 Å². The van der Waals surface area contributed by atoms with Crippen molar-refractivity contribution in [2.75, 3.05) is 37.0 Å². The Morgan fingerprint density at radius 2 is 2.00 bits per heavy atom. The lowest BCUT2D eigenvalue weighted by Crippen LogP contribution is -2.38. The third kappa shape index (κ3) is 4.42. The zero-order valence-corrected chi connectivity index (χ0v) is 15.2. The second-order valence-electron chi connectivity index (χ2n) is 6.32. The fourth-order valence-electron chi connectivity index (χ4n) is 3.31. The number of ether oxygens (including phenoxy) is 1. The summed E-state index contributed by atoms with van der Waals surface area (Å²) < 4.78 is 7.48. The molecular formula is C16H27N5O2S. The van der Waals surface area contributed by atoms with Crippen molar-refractivity contribution in [1.82, 2.24) is 20.1 Å². The van der Waals surface area contributed by atoms with E-state index >= 15 is 0 Å². The van der Waals surface area contributed by atoms with Gasteiger partial charge in [-0.15, -0.1) is 10.2 Å². The van der Waals surface area contributed by atoms with E-state index in [-0.39, 0.29) is 5.91 Å². The first-order valence-corrected chi connectivity index (χ1v) is 9.94. The number of nitrogens with one attached hydrogen (secondary N) is 1. The van der Waals surface area contributed by atoms with Gasteiger partial charge in [-0.1, -0.05) is 31.0 Å². The van der Waals surface area contributed by atoms with E-state index < -0.39 is 0 Å². The van der Waals surface area contributed by atoms with Gasteiger partial charge in [-0.05, 0) is 19.8 Å². The predicted octanol–water partition coefficient (Wildman–Crippen LogP) is 1.68. The molecule has 1 aromatic rings. The van der Waals surface area contributed by atoms with E-state index in [1.807, 2.05) is 0 Å². The molecule has 1 aliphatic heterocycles. The summed E-state index contributed by atoms with van der Waals surface area (Å²) in [5, 5.41) is 12.6. The number of hydrogen-bond acceptors (Lipinski definition) is 6. The van der Waals surface area contributed by atoms with E-state index in [0.29, 0.717) is 11.8 Å². The van der Waals surface area contributed by atoms with Crippen LogP contribution in [0, 0.1) is 0 Å². The lowest BCUT2D eigenvalue weighted by molar-refractivity contribution is -0.119. The van der Waals surface area contributed by atoms with E-state index in [9.17, 15) is 4.79 Å². The molecule has 8 heteroatoms. The molecule has 7 nitrogen and oxygen atoms in total. The Morgan fingerprint density at radius 3 is 2.71 bits per heavy atom. The molecule has 1 amide bonds. The molecule has 3 rings (SSSR count). The van der Waals surface area contributed by atoms with Crippen molar-refractivity contribution < 1.29 is 9.53 Å². The average molecular weight is 353 g/mol. The van der Waals surface area contributed by atoms with Gasteiger partial charge in [0.15, 0.2) is 5.16 Å². The maximum absolute atomic E-state index is 12.2. The molecule has 134 valence electrons. The molecule has 24 heavy (non-hydrogen) atoms. The molecule has 0 atom stereocenters. The second kappa shape index (κ2) is 8.71. The molecule has 0 unspecified atom stereocenters. The zero-order valence-electron chi connectivity index (χ0n) is 14.4. The van der Waals surface area contributed by atoms with Gasteiger partial charge < -0.3 is 15.0 Å². The second-order valence-corrected chi connectivity index (χ2v) is 7.26. The quantitative estimate of drug-likeness (QED) is 0.785. The van der Waals surface area contributed by atoms with Gasteiger partial charge in [0.25, 0.3) is 0 Å². The molecule has 1 saturated carbocycles. The largest absolute Gasteiger partial charge is 0.378 e. The smallest absolute Gasteiger partial charge is 0.230 e. The van der Waals surface area contributed by atoms with Crippen LogP contribution in [0.15, 0.2) is 5.16 Å². The fourth-order valence-corrected chi connectivity index (χ4v) is 4.12. The Hall–Kier alpha value is -1.28. The molecule has 2 fully saturated rings. The van der Waals surface area contributed by atoms with Gasteiger partial charge in [0.2, 0.25) is 11.9 Å². The minimum absolute atomic E-state index is 0.102. The van der Waals surface area contributed by atoms with E-state index in [1.165, 1.54) is 31.0 Å². The number of anilines is 1. The number of rotatable bonds is 6. The van der Waals surface area contributed by atoms with Crippen molar-refractivity contribution in [3.05, 3.63) is 0 Å². The monoisotopic (exact) mass is 353 g/mol. The number of aromatic nitrogens is 3. The van der Waals surface area contributed by atoms with Crippen LogP contribution in [0.5, 0.6) is 0 Å². The number of carbonyl (C=O) groups excluding carboxylic acids is 1. The van der Waals surface area contributed by atoms with Gasteiger partial charge in [-0.2, -0.15) is 0 Å². The minimum Gasteiger partial charge on any atom is -0.378 e. The number of thioether (sulfide) groups is 1. The number of carbonyl (C=O) groups is 1. The molecule has 0 aromatic carbocycles. The Balaban J connectivity index is 1.54. The van der Waals surface area contributed by atoms with Crippen LogP contribution in [0.1, 0.15) is 39.0 Å². The number of hydrogen-bond donors (Lipinski definition) is 1. The normalized spacial score (nSPS) is 19.5. The summed E-state index contributed by atoms with van der Waals surface area (Å²) in [4.78, 5) is 14.4. The van der Waals surface area contributed by atoms with Crippen molar-refractivity contribution in [3.63, 3.8) is 0 Å². The van der Waals surface area contributed by atoms with Gasteiger partial charge in [-0.3, -0.25) is 9.36 Å². The third-order valence-corrected chi connectivity index (χ3v) is 5.58. The van der Waals surface area contributed by atoms with Crippen LogP contribution < -0.4 is 10.2 Å². The van der Waals surface area contributed by atoms with Crippen LogP contribution in [0.2, 0.25) is 0 Å². The van der Waals surface area contributed by atoms with Gasteiger partial charge >= 0.3 is 0 Å². The first kappa shape index (κ1) is 17.5. The molecule has 2 aliphatic rings. The molecule has 0 bridgehead atoms. The summed E-state index contributed by atoms with van der Waals surface area (Å²) in [6, 6.07) is 0.361. The molecule has 1 aliphatic carbocycles. The molecule has 0 radical (unpaired) electrons. The highest BCUT2D eigenvalue weighted by atomic mass is 32.2. The first-order valence-electron chi connectivity index (χ1n) is 8.96. The number of nitrogens with zero attached hydrogens (tertiary/aromatic N) is 4. The highest BCUT2D eigenvalue weighted by Gasteiger charge is 2.21. The van der Waals surface area contributed by atoms with Gasteiger partial charge in [-0.25, -0.2) is 0 Å². The summed E-state index contributed by atoms with van der Waals surface area (Å²) in [6.07, 6.45) is 5.98. The Kier molecular flexibility index (Phi) is 6.37. The fraction of sp³-hybridized carbons (Fsp3) is 0.812. The van der Waals surface area contributed by atoms with Crippen LogP contribution in [-0.2, 0) is 16.1 Å². The predicted molar refractivity (Wildman–Crippen MR) is 94.5 cm³/mol. The van der Waals surface area contributed by atoms with Crippen molar-refractivity contribution in [2.24, 2.45) is 0 Å². The van der Waals surface area contributed by atoms with E-state index in [1.54, 1.807) is 0 Å². The standard InChI is InChI=1S/C16H27N5O2S/c1-2-21-15(20-8-10-23-11-9-20)18-19-16(21)24-12-14(22)17-13-6-4-3-5-7-13/h13H,2-12H2,1H3,(H,17,22). The van der Waals surface area contributed by atoms with Gasteiger partial charge in [0.05, 0.1) is 19.0 Å². The highest BCUT2D eigenvalue weighted by molar-refractivity contribution is 7.99. The van der Waals surface area contributed by atoms with Crippen LogP contribution in [0.25, 0.3) is 0 Å². The maximum atomic E-state index is 12.2. The van der Waals surface area contributed by atoms with E-state index in [4.69, 9.17) is 4.74 Å². The van der Waals surface area contributed by atoms with Crippen LogP contribution >= 0.6 is 11.8 Å². The number of morpholine rings is 1. The number of amides is 1. The van der Waals surface area contributed by atoms with Crippen LogP contribution in [0.4, 0.5) is 5.95 Å². The van der Waals surface area contributed by atoms with E-state index in [0.717, 1.165) is 56.8 Å². The zero-order chi connectivity index (χ0) is 16.8. The summed E-state index contributed by atoms with van der Waals surface area (Å²) in [5.74, 6) is 1.39. The first-order chi connectivity index (χ1) is 11.8. The maximum Gasteiger partial charge on any atom is 0.230 e. The van der Waals surface area contributed by atoms with Crippen molar-refractivity contribution in [1.29, 1.82) is 0 Å². The highest BCUT2D eigenvalue weighted by Crippen LogP contribution is 2.23. The average Bonchev–Trinajstić information content (AvgIpc) is 3.04. The van der Waals surface area contributed by atoms with Gasteiger partial charge in [0.1, 0.15) is 0 Å². The van der Waals surface area contributed by atoms with Crippen LogP contribution in [-0.4, -0.2) is 58.8 Å². The minimum atomic E-state index is 0.102.